The standard InChI is InChI=1S/C14H16O2S/c1-3-10-5-8-14(16-10)13(15)9-12-7-6-11(4-2)17-12/h5-8H,3-4,9H2,1-2H3. The van der Waals surface area contributed by atoms with Gasteiger partial charge >= 0.3 is 0 Å². The van der Waals surface area contributed by atoms with Gasteiger partial charge in [0.25, 0.3) is 0 Å². The van der Waals surface area contributed by atoms with Crippen molar-refractivity contribution in [1.29, 1.82) is 0 Å². The maximum Gasteiger partial charge on any atom is 0.203 e. The summed E-state index contributed by atoms with van der Waals surface area (Å²) in [5.74, 6) is 1.41. The van der Waals surface area contributed by atoms with Gasteiger partial charge < -0.3 is 4.42 Å². The van der Waals surface area contributed by atoms with Gasteiger partial charge in [0.2, 0.25) is 5.78 Å². The zero-order chi connectivity index (χ0) is 12.3. The summed E-state index contributed by atoms with van der Waals surface area (Å²) < 4.78 is 5.46. The highest BCUT2D eigenvalue weighted by Crippen LogP contribution is 2.19. The first-order chi connectivity index (χ1) is 8.22. The number of thiophene rings is 1. The van der Waals surface area contributed by atoms with Crippen LogP contribution >= 0.6 is 11.3 Å². The zero-order valence-corrected chi connectivity index (χ0v) is 11.0. The minimum absolute atomic E-state index is 0.0641. The predicted molar refractivity (Wildman–Crippen MR) is 69.8 cm³/mol. The number of carbonyl (C=O) groups excluding carboxylic acids is 1. The molecule has 0 fully saturated rings. The van der Waals surface area contributed by atoms with E-state index in [1.54, 1.807) is 17.4 Å². The molecular weight excluding hydrogens is 232 g/mol. The van der Waals surface area contributed by atoms with E-state index in [1.807, 2.05) is 19.1 Å². The van der Waals surface area contributed by atoms with Gasteiger partial charge in [0.1, 0.15) is 5.76 Å². The zero-order valence-electron chi connectivity index (χ0n) is 10.2. The first kappa shape index (κ1) is 12.1. The lowest BCUT2D eigenvalue weighted by Crippen LogP contribution is -2.00. The van der Waals surface area contributed by atoms with E-state index in [1.165, 1.54) is 4.88 Å². The van der Waals surface area contributed by atoms with Gasteiger partial charge in [-0.15, -0.1) is 11.3 Å². The van der Waals surface area contributed by atoms with E-state index < -0.39 is 0 Å². The SMILES string of the molecule is CCc1ccc(C(=O)Cc2ccc(CC)s2)o1. The number of Topliss-reactive ketones (excluding diaryl/α,β-unsaturated/α-hetero) is 1. The third kappa shape index (κ3) is 2.86. The molecule has 0 radical (unpaired) electrons. The van der Waals surface area contributed by atoms with Gasteiger partial charge in [-0.05, 0) is 30.7 Å². The molecule has 0 aromatic carbocycles. The number of hydrogen-bond donors (Lipinski definition) is 0. The van der Waals surface area contributed by atoms with Crippen molar-refractivity contribution >= 4 is 17.1 Å². The van der Waals surface area contributed by atoms with Crippen LogP contribution in [0.15, 0.2) is 28.7 Å². The van der Waals surface area contributed by atoms with Gasteiger partial charge in [-0.1, -0.05) is 13.8 Å². The van der Waals surface area contributed by atoms with Crippen molar-refractivity contribution in [3.63, 3.8) is 0 Å². The fraction of sp³-hybridized carbons (Fsp3) is 0.357. The molecule has 2 nitrogen and oxygen atoms in total. The predicted octanol–water partition coefficient (Wildman–Crippen LogP) is 3.89. The van der Waals surface area contributed by atoms with Crippen molar-refractivity contribution < 1.29 is 9.21 Å². The highest BCUT2D eigenvalue weighted by Gasteiger charge is 2.12. The number of rotatable bonds is 5. The number of aryl methyl sites for hydroxylation is 2. The Hall–Kier alpha value is -1.35. The van der Waals surface area contributed by atoms with Crippen LogP contribution in [0.5, 0.6) is 0 Å². The Morgan fingerprint density at radius 1 is 1.12 bits per heavy atom. The summed E-state index contributed by atoms with van der Waals surface area (Å²) in [6.07, 6.45) is 2.30. The second-order valence-electron chi connectivity index (χ2n) is 3.94. The molecule has 0 bridgehead atoms. The van der Waals surface area contributed by atoms with Gasteiger partial charge in [-0.25, -0.2) is 0 Å². The van der Waals surface area contributed by atoms with Crippen LogP contribution in [-0.2, 0) is 19.3 Å². The highest BCUT2D eigenvalue weighted by molar-refractivity contribution is 7.12. The largest absolute Gasteiger partial charge is 0.458 e. The molecular formula is C14H16O2S. The van der Waals surface area contributed by atoms with Crippen LogP contribution in [0.2, 0.25) is 0 Å². The van der Waals surface area contributed by atoms with Crippen molar-refractivity contribution in [2.75, 3.05) is 0 Å². The van der Waals surface area contributed by atoms with Crippen LogP contribution in [0.3, 0.4) is 0 Å². The van der Waals surface area contributed by atoms with Crippen molar-refractivity contribution in [3.8, 4) is 0 Å². The molecule has 17 heavy (non-hydrogen) atoms. The Labute approximate surface area is 105 Å². The summed E-state index contributed by atoms with van der Waals surface area (Å²) in [5, 5.41) is 0. The van der Waals surface area contributed by atoms with Crippen molar-refractivity contribution in [3.05, 3.63) is 45.5 Å². The Morgan fingerprint density at radius 3 is 2.47 bits per heavy atom. The first-order valence-electron chi connectivity index (χ1n) is 5.92. The Morgan fingerprint density at radius 2 is 1.88 bits per heavy atom. The molecule has 2 rings (SSSR count). The summed E-state index contributed by atoms with van der Waals surface area (Å²) in [6, 6.07) is 7.77. The molecule has 90 valence electrons. The molecule has 3 heteroatoms. The lowest BCUT2D eigenvalue weighted by molar-refractivity contribution is 0.0965. The van der Waals surface area contributed by atoms with Gasteiger partial charge in [0.05, 0.1) is 0 Å². The van der Waals surface area contributed by atoms with Crippen molar-refractivity contribution in [2.24, 2.45) is 0 Å². The van der Waals surface area contributed by atoms with E-state index in [4.69, 9.17) is 4.42 Å². The lowest BCUT2D eigenvalue weighted by Gasteiger charge is -1.95. The maximum absolute atomic E-state index is 12.0. The molecule has 0 amide bonds. The number of furan rings is 1. The number of hydrogen-bond acceptors (Lipinski definition) is 3. The van der Waals surface area contributed by atoms with E-state index in [0.717, 1.165) is 23.5 Å². The van der Waals surface area contributed by atoms with Crippen LogP contribution < -0.4 is 0 Å². The van der Waals surface area contributed by atoms with E-state index in [9.17, 15) is 4.79 Å². The molecule has 0 atom stereocenters. The monoisotopic (exact) mass is 248 g/mol. The molecule has 0 aliphatic carbocycles. The normalized spacial score (nSPS) is 10.7. The topological polar surface area (TPSA) is 30.2 Å². The third-order valence-corrected chi connectivity index (χ3v) is 3.92. The van der Waals surface area contributed by atoms with E-state index in [0.29, 0.717) is 12.2 Å². The molecule has 2 aromatic rings. The Balaban J connectivity index is 2.05. The van der Waals surface area contributed by atoms with Crippen LogP contribution in [0.4, 0.5) is 0 Å². The smallest absolute Gasteiger partial charge is 0.203 e. The summed E-state index contributed by atoms with van der Waals surface area (Å²) in [4.78, 5) is 14.4. The third-order valence-electron chi connectivity index (χ3n) is 2.69. The molecule has 0 aliphatic heterocycles. The molecule has 0 saturated carbocycles. The molecule has 0 saturated heterocycles. The second kappa shape index (κ2) is 5.32. The quantitative estimate of drug-likeness (QED) is 0.751. The van der Waals surface area contributed by atoms with Crippen molar-refractivity contribution in [1.82, 2.24) is 0 Å². The summed E-state index contributed by atoms with van der Waals surface area (Å²) in [5.41, 5.74) is 0. The van der Waals surface area contributed by atoms with Crippen LogP contribution in [-0.4, -0.2) is 5.78 Å². The minimum Gasteiger partial charge on any atom is -0.458 e. The second-order valence-corrected chi connectivity index (χ2v) is 5.19. The van der Waals surface area contributed by atoms with Gasteiger partial charge in [-0.2, -0.15) is 0 Å². The van der Waals surface area contributed by atoms with Gasteiger partial charge in [-0.3, -0.25) is 4.79 Å². The van der Waals surface area contributed by atoms with E-state index in [-0.39, 0.29) is 5.78 Å². The molecule has 0 unspecified atom stereocenters. The van der Waals surface area contributed by atoms with E-state index >= 15 is 0 Å². The fourth-order valence-corrected chi connectivity index (χ4v) is 2.63. The van der Waals surface area contributed by atoms with E-state index in [2.05, 4.69) is 13.0 Å². The molecule has 2 aromatic heterocycles. The molecule has 0 spiro atoms. The summed E-state index contributed by atoms with van der Waals surface area (Å²) in [7, 11) is 0. The minimum atomic E-state index is 0.0641. The van der Waals surface area contributed by atoms with Crippen LogP contribution in [0, 0.1) is 0 Å². The fourth-order valence-electron chi connectivity index (χ4n) is 1.67. The van der Waals surface area contributed by atoms with Gasteiger partial charge in [0, 0.05) is 22.6 Å². The number of ketones is 1. The lowest BCUT2D eigenvalue weighted by atomic mass is 10.2. The van der Waals surface area contributed by atoms with Crippen LogP contribution in [0.25, 0.3) is 0 Å². The summed E-state index contributed by atoms with van der Waals surface area (Å²) in [6.45, 7) is 4.14. The maximum atomic E-state index is 12.0. The molecule has 0 N–H and O–H groups in total. The van der Waals surface area contributed by atoms with Crippen molar-refractivity contribution in [2.45, 2.75) is 33.1 Å². The molecule has 2 heterocycles. The number of carbonyl (C=O) groups is 1. The van der Waals surface area contributed by atoms with Gasteiger partial charge in [0.15, 0.2) is 5.76 Å². The average molecular weight is 248 g/mol. The molecule has 0 aliphatic rings. The highest BCUT2D eigenvalue weighted by atomic mass is 32.1. The Bertz CT molecular complexity index is 508. The average Bonchev–Trinajstić information content (AvgIpc) is 2.96. The Kier molecular flexibility index (Phi) is 3.79. The van der Waals surface area contributed by atoms with Crippen LogP contribution in [0.1, 0.15) is 39.9 Å². The first-order valence-corrected chi connectivity index (χ1v) is 6.74. The summed E-state index contributed by atoms with van der Waals surface area (Å²) >= 11 is 1.71.